The van der Waals surface area contributed by atoms with Gasteiger partial charge in [-0.2, -0.15) is 0 Å². The van der Waals surface area contributed by atoms with Gasteiger partial charge in [-0.3, -0.25) is 14.3 Å². The van der Waals surface area contributed by atoms with E-state index in [9.17, 15) is 4.79 Å². The van der Waals surface area contributed by atoms with E-state index < -0.39 is 5.60 Å². The molecule has 0 unspecified atom stereocenters. The van der Waals surface area contributed by atoms with Crippen LogP contribution in [0.15, 0.2) is 54.7 Å². The van der Waals surface area contributed by atoms with Gasteiger partial charge in [0.15, 0.2) is 11.5 Å². The molecule has 0 spiro atoms. The summed E-state index contributed by atoms with van der Waals surface area (Å²) in [4.78, 5) is 20.7. The van der Waals surface area contributed by atoms with Crippen molar-refractivity contribution in [3.8, 4) is 5.75 Å². The standard InChI is InChI=1S/C37H49N7O5.2H2/c1-36(2,3)32-22-25(21-26(38-32)24-48-20-17-43-15-18-47-19-16-43)39-35(45)40-30-12-13-31(29-10-8-7-9-28(29)30)49-27-11-14-33-41-42-34(44(33)23-27)37(4,5)46-6;;/h7-11,14,21-23,30-31H,12-13,15-20,24H2,1-6H3,(H2,38,39,40,45);2*1H/t30-,31+;;/m0../s1. The fourth-order valence-corrected chi connectivity index (χ4v) is 6.27. The summed E-state index contributed by atoms with van der Waals surface area (Å²) in [5, 5.41) is 14.9. The number of fused-ring (bicyclic) bond motifs is 2. The summed E-state index contributed by atoms with van der Waals surface area (Å²) < 4.78 is 25.6. The Bertz CT molecular complexity index is 1760. The third-order valence-electron chi connectivity index (χ3n) is 9.25. The van der Waals surface area contributed by atoms with Crippen LogP contribution in [0.5, 0.6) is 5.75 Å². The molecule has 2 amide bonds. The van der Waals surface area contributed by atoms with E-state index in [0.29, 0.717) is 30.5 Å². The fraction of sp³-hybridized carbons (Fsp3) is 0.514. The Balaban J connectivity index is 0.00000292. The second-order valence-corrected chi connectivity index (χ2v) is 14.3. The number of carbonyl (C=O) groups excluding carboxylic acids is 1. The van der Waals surface area contributed by atoms with Gasteiger partial charge in [-0.25, -0.2) is 4.79 Å². The maximum Gasteiger partial charge on any atom is 0.319 e. The topological polar surface area (TPSA) is 124 Å². The predicted octanol–water partition coefficient (Wildman–Crippen LogP) is 6.42. The highest BCUT2D eigenvalue weighted by atomic mass is 16.5. The summed E-state index contributed by atoms with van der Waals surface area (Å²) in [7, 11) is 1.66. The van der Waals surface area contributed by atoms with Gasteiger partial charge in [0.05, 0.1) is 44.4 Å². The molecule has 1 fully saturated rings. The minimum absolute atomic E-state index is 0. The lowest BCUT2D eigenvalue weighted by atomic mass is 9.85. The van der Waals surface area contributed by atoms with E-state index in [1.54, 1.807) is 7.11 Å². The average molecular weight is 676 g/mol. The predicted molar refractivity (Wildman–Crippen MR) is 191 cm³/mol. The Hall–Kier alpha value is -4.10. The molecular weight excluding hydrogens is 622 g/mol. The van der Waals surface area contributed by atoms with E-state index in [1.807, 2.05) is 60.8 Å². The van der Waals surface area contributed by atoms with Crippen LogP contribution in [0.4, 0.5) is 10.5 Å². The van der Waals surface area contributed by atoms with E-state index >= 15 is 0 Å². The third kappa shape index (κ3) is 8.38. The van der Waals surface area contributed by atoms with Crippen LogP contribution >= 0.6 is 0 Å². The second kappa shape index (κ2) is 14.8. The maximum atomic E-state index is 13.5. The molecule has 1 aliphatic heterocycles. The zero-order chi connectivity index (χ0) is 34.6. The smallest absolute Gasteiger partial charge is 0.319 e. The first-order valence-corrected chi connectivity index (χ1v) is 17.1. The molecule has 266 valence electrons. The van der Waals surface area contributed by atoms with Gasteiger partial charge >= 0.3 is 6.03 Å². The molecule has 1 aliphatic carbocycles. The fourth-order valence-electron chi connectivity index (χ4n) is 6.27. The van der Waals surface area contributed by atoms with E-state index in [1.165, 1.54) is 0 Å². The summed E-state index contributed by atoms with van der Waals surface area (Å²) in [5.41, 5.74) is 4.37. The van der Waals surface area contributed by atoms with E-state index in [2.05, 4.69) is 58.6 Å². The van der Waals surface area contributed by atoms with Gasteiger partial charge in [-0.15, -0.1) is 10.2 Å². The number of nitrogens with zero attached hydrogens (tertiary/aromatic N) is 5. The SMILES string of the molecule is COC(C)(C)c1nnc2ccc(O[C@@H]3CC[C@H](NC(=O)Nc4cc(COCCN5CCOCC5)nc(C(C)(C)C)c4)c4ccccc43)cn12.[HH].[HH]. The van der Waals surface area contributed by atoms with Crippen molar-refractivity contribution in [3.05, 3.63) is 83.1 Å². The number of carbonyl (C=O) groups is 1. The quantitative estimate of drug-likeness (QED) is 0.173. The molecule has 12 heteroatoms. The maximum absolute atomic E-state index is 13.5. The van der Waals surface area contributed by atoms with Crippen LogP contribution in [-0.4, -0.2) is 77.1 Å². The number of aromatic nitrogens is 4. The Labute approximate surface area is 291 Å². The molecule has 0 radical (unpaired) electrons. The molecule has 12 nitrogen and oxygen atoms in total. The zero-order valence-corrected chi connectivity index (χ0v) is 29.5. The Morgan fingerprint density at radius 3 is 2.55 bits per heavy atom. The van der Waals surface area contributed by atoms with Crippen LogP contribution in [-0.2, 0) is 31.8 Å². The lowest BCUT2D eigenvalue weighted by molar-refractivity contribution is 0.0106. The Morgan fingerprint density at radius 1 is 1.02 bits per heavy atom. The molecule has 0 bridgehead atoms. The number of hydrogen-bond donors (Lipinski definition) is 2. The van der Waals surface area contributed by atoms with Gasteiger partial charge in [0, 0.05) is 46.4 Å². The summed E-state index contributed by atoms with van der Waals surface area (Å²) in [6.45, 7) is 15.5. The molecular formula is C37H53N7O5. The van der Waals surface area contributed by atoms with Gasteiger partial charge < -0.3 is 29.6 Å². The Morgan fingerprint density at radius 2 is 1.80 bits per heavy atom. The van der Waals surface area contributed by atoms with Crippen LogP contribution in [0.1, 0.15) is 90.8 Å². The average Bonchev–Trinajstić information content (AvgIpc) is 3.52. The number of nitrogens with one attached hydrogen (secondary N) is 2. The number of ether oxygens (including phenoxy) is 4. The normalized spacial score (nSPS) is 18.7. The van der Waals surface area contributed by atoms with E-state index in [-0.39, 0.29) is 26.4 Å². The first kappa shape index (κ1) is 34.8. The summed E-state index contributed by atoms with van der Waals surface area (Å²) >= 11 is 0. The number of anilines is 1. The Kier molecular flexibility index (Phi) is 10.5. The van der Waals surface area contributed by atoms with Gasteiger partial charge in [0.1, 0.15) is 17.5 Å². The number of amides is 2. The molecule has 4 aromatic rings. The van der Waals surface area contributed by atoms with Crippen molar-refractivity contribution in [1.82, 2.24) is 29.8 Å². The van der Waals surface area contributed by atoms with Crippen molar-refractivity contribution in [1.29, 1.82) is 0 Å². The molecule has 1 aromatic carbocycles. The van der Waals surface area contributed by atoms with Crippen LogP contribution in [0.25, 0.3) is 5.65 Å². The zero-order valence-electron chi connectivity index (χ0n) is 29.5. The van der Waals surface area contributed by atoms with Gasteiger partial charge in [-0.05, 0) is 62.1 Å². The molecule has 49 heavy (non-hydrogen) atoms. The largest absolute Gasteiger partial charge is 0.484 e. The lowest BCUT2D eigenvalue weighted by Crippen LogP contribution is -2.38. The third-order valence-corrected chi connectivity index (χ3v) is 9.25. The van der Waals surface area contributed by atoms with Gasteiger partial charge in [-0.1, -0.05) is 45.0 Å². The molecule has 0 saturated carbocycles. The van der Waals surface area contributed by atoms with Crippen molar-refractivity contribution in [2.24, 2.45) is 0 Å². The summed E-state index contributed by atoms with van der Waals surface area (Å²) in [6.07, 6.45) is 3.19. The highest BCUT2D eigenvalue weighted by Gasteiger charge is 2.31. The van der Waals surface area contributed by atoms with E-state index in [0.717, 1.165) is 73.9 Å². The van der Waals surface area contributed by atoms with Gasteiger partial charge in [0.2, 0.25) is 0 Å². The summed E-state index contributed by atoms with van der Waals surface area (Å²) in [5.74, 6) is 1.40. The number of urea groups is 1. The molecule has 4 heterocycles. The van der Waals surface area contributed by atoms with Crippen LogP contribution in [0.2, 0.25) is 0 Å². The number of rotatable bonds is 11. The van der Waals surface area contributed by atoms with Crippen molar-refractivity contribution < 1.29 is 26.6 Å². The second-order valence-electron chi connectivity index (χ2n) is 14.3. The number of benzene rings is 1. The highest BCUT2D eigenvalue weighted by Crippen LogP contribution is 2.39. The first-order chi connectivity index (χ1) is 23.5. The van der Waals surface area contributed by atoms with Crippen molar-refractivity contribution in [2.75, 3.05) is 51.9 Å². The number of methoxy groups -OCH3 is 1. The highest BCUT2D eigenvalue weighted by molar-refractivity contribution is 5.89. The molecule has 2 aliphatic rings. The minimum atomic E-state index is -0.613. The number of hydrogen-bond acceptors (Lipinski definition) is 9. The van der Waals surface area contributed by atoms with Gasteiger partial charge in [0.25, 0.3) is 0 Å². The lowest BCUT2D eigenvalue weighted by Gasteiger charge is -2.32. The molecule has 6 rings (SSSR count). The van der Waals surface area contributed by atoms with Crippen molar-refractivity contribution >= 4 is 17.4 Å². The van der Waals surface area contributed by atoms with Crippen LogP contribution in [0.3, 0.4) is 0 Å². The minimum Gasteiger partial charge on any atom is -0.484 e. The van der Waals surface area contributed by atoms with Crippen molar-refractivity contribution in [3.63, 3.8) is 0 Å². The van der Waals surface area contributed by atoms with E-state index in [4.69, 9.17) is 23.9 Å². The molecule has 2 atom stereocenters. The number of pyridine rings is 2. The molecule has 2 N–H and O–H groups in total. The summed E-state index contributed by atoms with van der Waals surface area (Å²) in [6, 6.07) is 15.4. The first-order valence-electron chi connectivity index (χ1n) is 17.1. The monoisotopic (exact) mass is 675 g/mol. The van der Waals surface area contributed by atoms with Crippen LogP contribution < -0.4 is 15.4 Å². The molecule has 1 saturated heterocycles. The van der Waals surface area contributed by atoms with Crippen LogP contribution in [0, 0.1) is 0 Å². The number of morpholine rings is 1. The molecule has 3 aromatic heterocycles. The van der Waals surface area contributed by atoms with Crippen molar-refractivity contribution in [2.45, 2.75) is 77.2 Å².